The lowest BCUT2D eigenvalue weighted by Gasteiger charge is -2.32. The number of amides is 2. The molecule has 1 aromatic carbocycles. The number of hydrogen-bond acceptors (Lipinski definition) is 4. The van der Waals surface area contributed by atoms with Gasteiger partial charge >= 0.3 is 0 Å². The Bertz CT molecular complexity index is 927. The molecule has 0 spiro atoms. The second kappa shape index (κ2) is 7.73. The molecule has 2 amide bonds. The maximum Gasteiger partial charge on any atom is 0.261 e. The van der Waals surface area contributed by atoms with Crippen molar-refractivity contribution >= 4 is 33.2 Å². The maximum absolute atomic E-state index is 13.3. The van der Waals surface area contributed by atoms with Gasteiger partial charge in [-0.1, -0.05) is 18.2 Å². The first-order valence-corrected chi connectivity index (χ1v) is 11.7. The number of fused-ring (bicyclic) bond motifs is 1. The minimum Gasteiger partial charge on any atom is -0.348 e. The van der Waals surface area contributed by atoms with E-state index in [4.69, 9.17) is 0 Å². The Labute approximate surface area is 176 Å². The first-order valence-electron chi connectivity index (χ1n) is 10.9. The summed E-state index contributed by atoms with van der Waals surface area (Å²) < 4.78 is 1.20. The smallest absolute Gasteiger partial charge is 0.261 e. The predicted molar refractivity (Wildman–Crippen MR) is 116 cm³/mol. The van der Waals surface area contributed by atoms with E-state index in [0.717, 1.165) is 63.2 Å². The monoisotopic (exact) mass is 411 g/mol. The molecule has 5 nitrogen and oxygen atoms in total. The van der Waals surface area contributed by atoms with Crippen molar-refractivity contribution in [1.82, 2.24) is 15.1 Å². The number of nitrogens with zero attached hydrogens (tertiary/aromatic N) is 2. The van der Waals surface area contributed by atoms with E-state index in [9.17, 15) is 9.59 Å². The summed E-state index contributed by atoms with van der Waals surface area (Å²) in [6.07, 6.45) is 4.94. The molecule has 5 rings (SSSR count). The van der Waals surface area contributed by atoms with Crippen LogP contribution in [0.25, 0.3) is 10.1 Å². The largest absolute Gasteiger partial charge is 0.348 e. The van der Waals surface area contributed by atoms with Crippen molar-refractivity contribution in [2.75, 3.05) is 33.2 Å². The second-order valence-electron chi connectivity index (χ2n) is 8.94. The van der Waals surface area contributed by atoms with Crippen LogP contribution in [0.5, 0.6) is 0 Å². The molecule has 3 aliphatic rings. The summed E-state index contributed by atoms with van der Waals surface area (Å²) >= 11 is 1.63. The summed E-state index contributed by atoms with van der Waals surface area (Å²) in [4.78, 5) is 30.8. The molecule has 0 unspecified atom stereocenters. The molecule has 2 aliphatic heterocycles. The van der Waals surface area contributed by atoms with Crippen LogP contribution in [0.4, 0.5) is 0 Å². The zero-order chi connectivity index (χ0) is 20.0. The number of piperidine rings is 1. The van der Waals surface area contributed by atoms with Crippen molar-refractivity contribution in [3.8, 4) is 0 Å². The minimum atomic E-state index is 0.0720. The Morgan fingerprint density at radius 1 is 1.03 bits per heavy atom. The van der Waals surface area contributed by atoms with Gasteiger partial charge in [-0.2, -0.15) is 0 Å². The molecule has 1 aromatic heterocycles. The molecule has 1 N–H and O–H groups in total. The molecule has 1 saturated carbocycles. The zero-order valence-electron chi connectivity index (χ0n) is 17.0. The Balaban J connectivity index is 1.31. The van der Waals surface area contributed by atoms with E-state index in [1.807, 2.05) is 4.90 Å². The third kappa shape index (κ3) is 3.80. The Morgan fingerprint density at radius 3 is 2.48 bits per heavy atom. The van der Waals surface area contributed by atoms with Crippen molar-refractivity contribution in [3.05, 3.63) is 34.7 Å². The number of carbonyl (C=O) groups excluding carboxylic acids is 2. The van der Waals surface area contributed by atoms with Gasteiger partial charge in [0, 0.05) is 42.2 Å². The molecular weight excluding hydrogens is 382 g/mol. The fourth-order valence-electron chi connectivity index (χ4n) is 4.89. The molecule has 3 heterocycles. The van der Waals surface area contributed by atoms with Crippen LogP contribution in [0, 0.1) is 5.92 Å². The van der Waals surface area contributed by atoms with E-state index < -0.39 is 0 Å². The molecule has 6 heteroatoms. The quantitative estimate of drug-likeness (QED) is 0.838. The van der Waals surface area contributed by atoms with Crippen LogP contribution < -0.4 is 5.32 Å². The van der Waals surface area contributed by atoms with Gasteiger partial charge in [0.25, 0.3) is 5.91 Å². The molecule has 0 bridgehead atoms. The van der Waals surface area contributed by atoms with Crippen molar-refractivity contribution in [1.29, 1.82) is 0 Å². The van der Waals surface area contributed by atoms with Gasteiger partial charge in [-0.3, -0.25) is 9.59 Å². The van der Waals surface area contributed by atoms with Crippen LogP contribution in [0.3, 0.4) is 0 Å². The third-order valence-corrected chi connectivity index (χ3v) is 7.89. The van der Waals surface area contributed by atoms with Crippen molar-refractivity contribution < 1.29 is 9.59 Å². The number of likely N-dealkylation sites (tertiary alicyclic amines) is 2. The van der Waals surface area contributed by atoms with Crippen LogP contribution in [-0.2, 0) is 4.79 Å². The fraction of sp³-hybridized carbons (Fsp3) is 0.565. The first kappa shape index (κ1) is 19.1. The Hall–Kier alpha value is -1.92. The van der Waals surface area contributed by atoms with Gasteiger partial charge in [-0.05, 0) is 62.7 Å². The van der Waals surface area contributed by atoms with Crippen LogP contribution in [0.2, 0.25) is 0 Å². The summed E-state index contributed by atoms with van der Waals surface area (Å²) in [5.74, 6) is 1.11. The molecular formula is C23H29N3O2S. The van der Waals surface area contributed by atoms with E-state index in [-0.39, 0.29) is 17.9 Å². The summed E-state index contributed by atoms with van der Waals surface area (Å²) in [5.41, 5.74) is 1.24. The lowest BCUT2D eigenvalue weighted by atomic mass is 9.94. The SMILES string of the molecule is CN1CC[C@@H](c2c(C(=O)NC3CCN(C(=O)C4CC4)CC3)sc3ccccc23)C1. The van der Waals surface area contributed by atoms with Gasteiger partial charge < -0.3 is 15.1 Å². The number of thiophene rings is 1. The van der Waals surface area contributed by atoms with Crippen molar-refractivity contribution in [3.63, 3.8) is 0 Å². The normalized spacial score (nSPS) is 23.6. The van der Waals surface area contributed by atoms with Gasteiger partial charge in [0.05, 0.1) is 4.88 Å². The van der Waals surface area contributed by atoms with Gasteiger partial charge in [0.1, 0.15) is 0 Å². The highest BCUT2D eigenvalue weighted by molar-refractivity contribution is 7.21. The fourth-order valence-corrected chi connectivity index (χ4v) is 6.09. The average molecular weight is 412 g/mol. The third-order valence-electron chi connectivity index (χ3n) is 6.71. The number of likely N-dealkylation sites (N-methyl/N-ethyl adjacent to an activating group) is 1. The lowest BCUT2D eigenvalue weighted by Crippen LogP contribution is -2.47. The van der Waals surface area contributed by atoms with Crippen LogP contribution in [0.15, 0.2) is 24.3 Å². The number of benzene rings is 1. The molecule has 3 fully saturated rings. The lowest BCUT2D eigenvalue weighted by molar-refractivity contribution is -0.133. The number of nitrogens with one attached hydrogen (secondary N) is 1. The highest BCUT2D eigenvalue weighted by Crippen LogP contribution is 2.40. The number of rotatable bonds is 4. The maximum atomic E-state index is 13.3. The summed E-state index contributed by atoms with van der Waals surface area (Å²) in [7, 11) is 2.16. The van der Waals surface area contributed by atoms with E-state index in [2.05, 4.69) is 41.5 Å². The summed E-state index contributed by atoms with van der Waals surface area (Å²) in [5, 5.41) is 4.54. The molecule has 1 aliphatic carbocycles. The van der Waals surface area contributed by atoms with Gasteiger partial charge in [-0.15, -0.1) is 11.3 Å². The highest BCUT2D eigenvalue weighted by atomic mass is 32.1. The van der Waals surface area contributed by atoms with Gasteiger partial charge in [0.2, 0.25) is 5.91 Å². The summed E-state index contributed by atoms with van der Waals surface area (Å²) in [6.45, 7) is 3.64. The Kier molecular flexibility index (Phi) is 5.08. The van der Waals surface area contributed by atoms with E-state index in [0.29, 0.717) is 11.8 Å². The zero-order valence-corrected chi connectivity index (χ0v) is 17.8. The number of hydrogen-bond donors (Lipinski definition) is 1. The van der Waals surface area contributed by atoms with Crippen LogP contribution in [0.1, 0.15) is 53.3 Å². The molecule has 2 saturated heterocycles. The average Bonchev–Trinajstić information content (AvgIpc) is 3.38. The standard InChI is InChI=1S/C23H29N3O2S/c1-25-11-8-16(14-25)20-18-4-2-3-5-19(18)29-21(20)22(27)24-17-9-12-26(13-10-17)23(28)15-6-7-15/h2-5,15-17H,6-14H2,1H3,(H,24,27)/t16-/m1/s1. The second-order valence-corrected chi connectivity index (χ2v) is 9.99. The summed E-state index contributed by atoms with van der Waals surface area (Å²) in [6, 6.07) is 8.58. The van der Waals surface area contributed by atoms with E-state index >= 15 is 0 Å². The minimum absolute atomic E-state index is 0.0720. The van der Waals surface area contributed by atoms with E-state index in [1.165, 1.54) is 15.6 Å². The van der Waals surface area contributed by atoms with Crippen LogP contribution in [-0.4, -0.2) is 60.9 Å². The Morgan fingerprint density at radius 2 is 1.79 bits per heavy atom. The number of carbonyl (C=O) groups is 2. The predicted octanol–water partition coefficient (Wildman–Crippen LogP) is 3.45. The highest BCUT2D eigenvalue weighted by Gasteiger charge is 2.35. The van der Waals surface area contributed by atoms with Gasteiger partial charge in [-0.25, -0.2) is 0 Å². The van der Waals surface area contributed by atoms with Crippen LogP contribution >= 0.6 is 11.3 Å². The molecule has 29 heavy (non-hydrogen) atoms. The van der Waals surface area contributed by atoms with Crippen molar-refractivity contribution in [2.45, 2.75) is 44.1 Å². The van der Waals surface area contributed by atoms with Gasteiger partial charge in [0.15, 0.2) is 0 Å². The van der Waals surface area contributed by atoms with Crippen molar-refractivity contribution in [2.24, 2.45) is 5.92 Å². The topological polar surface area (TPSA) is 52.7 Å². The molecule has 154 valence electrons. The molecule has 2 aromatic rings. The molecule has 0 radical (unpaired) electrons. The first-order chi connectivity index (χ1) is 14.1. The van der Waals surface area contributed by atoms with E-state index in [1.54, 1.807) is 11.3 Å². The molecule has 1 atom stereocenters.